The first-order chi connectivity index (χ1) is 11.1. The highest BCUT2D eigenvalue weighted by Gasteiger charge is 2.09. The van der Waals surface area contributed by atoms with Gasteiger partial charge in [-0.3, -0.25) is 0 Å². The van der Waals surface area contributed by atoms with Crippen LogP contribution in [0.4, 0.5) is 11.9 Å². The number of nitrogens with one attached hydrogen (secondary N) is 1. The number of rotatable bonds is 5. The molecule has 1 aromatic carbocycles. The predicted molar refractivity (Wildman–Crippen MR) is 92.2 cm³/mol. The van der Waals surface area contributed by atoms with Gasteiger partial charge in [0.05, 0.1) is 17.6 Å². The van der Waals surface area contributed by atoms with Gasteiger partial charge in [0.15, 0.2) is 5.16 Å². The van der Waals surface area contributed by atoms with Crippen LogP contribution in [-0.2, 0) is 5.75 Å². The second kappa shape index (κ2) is 6.66. The molecule has 7 nitrogen and oxygen atoms in total. The van der Waals surface area contributed by atoms with E-state index in [-0.39, 0.29) is 5.95 Å². The van der Waals surface area contributed by atoms with Crippen molar-refractivity contribution < 1.29 is 0 Å². The van der Waals surface area contributed by atoms with Crippen LogP contribution in [-0.4, -0.2) is 39.0 Å². The van der Waals surface area contributed by atoms with Crippen molar-refractivity contribution in [3.63, 3.8) is 0 Å². The maximum absolute atomic E-state index is 5.72. The first-order valence-corrected chi connectivity index (χ1v) is 8.01. The molecule has 0 bridgehead atoms. The highest BCUT2D eigenvalue weighted by molar-refractivity contribution is 7.98. The van der Waals surface area contributed by atoms with Gasteiger partial charge in [-0.15, -0.1) is 0 Å². The van der Waals surface area contributed by atoms with Gasteiger partial charge in [0.2, 0.25) is 11.9 Å². The lowest BCUT2D eigenvalue weighted by atomic mass is 10.2. The lowest BCUT2D eigenvalue weighted by Gasteiger charge is -2.10. The number of H-pyrrole nitrogens is 1. The number of anilines is 2. The maximum atomic E-state index is 5.72. The van der Waals surface area contributed by atoms with E-state index in [0.29, 0.717) is 17.5 Å². The molecule has 0 atom stereocenters. The number of imidazole rings is 1. The minimum atomic E-state index is 0.226. The Morgan fingerprint density at radius 1 is 1.13 bits per heavy atom. The van der Waals surface area contributed by atoms with Crippen molar-refractivity contribution >= 4 is 23.7 Å². The van der Waals surface area contributed by atoms with Gasteiger partial charge in [0, 0.05) is 14.1 Å². The Balaban J connectivity index is 1.71. The van der Waals surface area contributed by atoms with E-state index in [0.717, 1.165) is 16.4 Å². The fourth-order valence-electron chi connectivity index (χ4n) is 1.96. The molecule has 0 aliphatic carbocycles. The number of benzene rings is 1. The standard InChI is InChI=1S/C15H17N7S/c1-22(2)14-20-12(19-13(16)21-14)9-23-15-17-8-11(18-15)10-6-4-3-5-7-10/h3-8H,9H2,1-2H3,(H,17,18)(H2,16,19,20,21). The Kier molecular flexibility index (Phi) is 4.42. The molecule has 0 spiro atoms. The number of aromatic amines is 1. The molecular weight excluding hydrogens is 310 g/mol. The van der Waals surface area contributed by atoms with Crippen LogP contribution >= 0.6 is 11.8 Å². The van der Waals surface area contributed by atoms with Gasteiger partial charge in [0.25, 0.3) is 0 Å². The normalized spacial score (nSPS) is 10.7. The average molecular weight is 327 g/mol. The van der Waals surface area contributed by atoms with Crippen molar-refractivity contribution in [2.75, 3.05) is 24.7 Å². The van der Waals surface area contributed by atoms with E-state index in [1.165, 1.54) is 11.8 Å². The first-order valence-electron chi connectivity index (χ1n) is 7.03. The number of aromatic nitrogens is 5. The van der Waals surface area contributed by atoms with Crippen molar-refractivity contribution in [3.8, 4) is 11.3 Å². The molecule has 0 aliphatic heterocycles. The Morgan fingerprint density at radius 2 is 1.91 bits per heavy atom. The lowest BCUT2D eigenvalue weighted by molar-refractivity contribution is 0.917. The summed E-state index contributed by atoms with van der Waals surface area (Å²) in [5.41, 5.74) is 7.81. The number of nitrogens with zero attached hydrogens (tertiary/aromatic N) is 5. The van der Waals surface area contributed by atoms with Gasteiger partial charge in [-0.2, -0.15) is 15.0 Å². The number of nitrogen functional groups attached to an aromatic ring is 1. The van der Waals surface area contributed by atoms with Crippen molar-refractivity contribution in [3.05, 3.63) is 42.4 Å². The number of hydrogen-bond donors (Lipinski definition) is 2. The van der Waals surface area contributed by atoms with Gasteiger partial charge in [0.1, 0.15) is 5.82 Å². The van der Waals surface area contributed by atoms with Crippen LogP contribution in [0.25, 0.3) is 11.3 Å². The first kappa shape index (κ1) is 15.3. The number of hydrogen-bond acceptors (Lipinski definition) is 7. The summed E-state index contributed by atoms with van der Waals surface area (Å²) in [6.07, 6.45) is 1.82. The SMILES string of the molecule is CN(C)c1nc(N)nc(CSc2ncc(-c3ccccc3)[nH]2)n1. The molecule has 0 saturated carbocycles. The van der Waals surface area contributed by atoms with Crippen LogP contribution < -0.4 is 10.6 Å². The van der Waals surface area contributed by atoms with Gasteiger partial charge in [-0.1, -0.05) is 42.1 Å². The molecular formula is C15H17N7S. The predicted octanol–water partition coefficient (Wildman–Crippen LogP) is 2.20. The summed E-state index contributed by atoms with van der Waals surface area (Å²) in [6.45, 7) is 0. The minimum absolute atomic E-state index is 0.226. The monoisotopic (exact) mass is 327 g/mol. The largest absolute Gasteiger partial charge is 0.368 e. The molecule has 8 heteroatoms. The van der Waals surface area contributed by atoms with Crippen LogP contribution in [0, 0.1) is 0 Å². The fraction of sp³-hybridized carbons (Fsp3) is 0.200. The maximum Gasteiger partial charge on any atom is 0.229 e. The van der Waals surface area contributed by atoms with Gasteiger partial charge in [-0.25, -0.2) is 4.98 Å². The molecule has 0 unspecified atom stereocenters. The molecule has 3 aromatic rings. The summed E-state index contributed by atoms with van der Waals surface area (Å²) >= 11 is 1.52. The van der Waals surface area contributed by atoms with Crippen LogP contribution in [0.15, 0.2) is 41.7 Å². The van der Waals surface area contributed by atoms with Crippen LogP contribution in [0.3, 0.4) is 0 Å². The third-order valence-electron chi connectivity index (χ3n) is 3.06. The second-order valence-corrected chi connectivity index (χ2v) is 6.03. The fourth-order valence-corrected chi connectivity index (χ4v) is 2.67. The van der Waals surface area contributed by atoms with E-state index < -0.39 is 0 Å². The molecule has 0 radical (unpaired) electrons. The van der Waals surface area contributed by atoms with Crippen LogP contribution in [0.2, 0.25) is 0 Å². The highest BCUT2D eigenvalue weighted by atomic mass is 32.2. The van der Waals surface area contributed by atoms with Crippen LogP contribution in [0.1, 0.15) is 5.82 Å². The van der Waals surface area contributed by atoms with Crippen LogP contribution in [0.5, 0.6) is 0 Å². The van der Waals surface area contributed by atoms with E-state index in [1.807, 2.05) is 50.6 Å². The van der Waals surface area contributed by atoms with Gasteiger partial charge >= 0.3 is 0 Å². The van der Waals surface area contributed by atoms with Crippen molar-refractivity contribution in [2.24, 2.45) is 0 Å². The lowest BCUT2D eigenvalue weighted by Crippen LogP contribution is -2.15. The number of thioether (sulfide) groups is 1. The zero-order chi connectivity index (χ0) is 16.2. The Bertz CT molecular complexity index is 786. The molecule has 2 heterocycles. The van der Waals surface area contributed by atoms with E-state index in [9.17, 15) is 0 Å². The zero-order valence-corrected chi connectivity index (χ0v) is 13.7. The quantitative estimate of drug-likeness (QED) is 0.693. The average Bonchev–Trinajstić information content (AvgIpc) is 3.02. The molecule has 0 aliphatic rings. The minimum Gasteiger partial charge on any atom is -0.368 e. The molecule has 0 amide bonds. The van der Waals surface area contributed by atoms with Gasteiger partial charge in [-0.05, 0) is 5.56 Å². The Morgan fingerprint density at radius 3 is 2.65 bits per heavy atom. The molecule has 3 rings (SSSR count). The van der Waals surface area contributed by atoms with Crippen molar-refractivity contribution in [2.45, 2.75) is 10.9 Å². The summed E-state index contributed by atoms with van der Waals surface area (Å²) in [6, 6.07) is 10.1. The zero-order valence-electron chi connectivity index (χ0n) is 12.9. The third kappa shape index (κ3) is 3.78. The molecule has 2 aromatic heterocycles. The van der Waals surface area contributed by atoms with E-state index >= 15 is 0 Å². The third-order valence-corrected chi connectivity index (χ3v) is 3.95. The molecule has 3 N–H and O–H groups in total. The summed E-state index contributed by atoms with van der Waals surface area (Å²) in [4.78, 5) is 22.1. The molecule has 23 heavy (non-hydrogen) atoms. The Labute approximate surface area is 138 Å². The Hall–Kier alpha value is -2.61. The highest BCUT2D eigenvalue weighted by Crippen LogP contribution is 2.23. The van der Waals surface area contributed by atoms with E-state index in [4.69, 9.17) is 5.73 Å². The summed E-state index contributed by atoms with van der Waals surface area (Å²) in [7, 11) is 3.73. The van der Waals surface area contributed by atoms with Crippen molar-refractivity contribution in [1.29, 1.82) is 0 Å². The summed E-state index contributed by atoms with van der Waals surface area (Å²) in [5.74, 6) is 1.97. The van der Waals surface area contributed by atoms with E-state index in [1.54, 1.807) is 4.90 Å². The summed E-state index contributed by atoms with van der Waals surface area (Å²) < 4.78 is 0. The number of nitrogens with two attached hydrogens (primary N) is 1. The molecule has 0 saturated heterocycles. The molecule has 118 valence electrons. The van der Waals surface area contributed by atoms with E-state index in [2.05, 4.69) is 24.9 Å². The second-order valence-electron chi connectivity index (χ2n) is 5.06. The smallest absolute Gasteiger partial charge is 0.229 e. The molecule has 0 fully saturated rings. The van der Waals surface area contributed by atoms with Crippen molar-refractivity contribution in [1.82, 2.24) is 24.9 Å². The van der Waals surface area contributed by atoms with Gasteiger partial charge < -0.3 is 15.6 Å². The summed E-state index contributed by atoms with van der Waals surface area (Å²) in [5, 5.41) is 0.814. The topological polar surface area (TPSA) is 96.6 Å².